The number of rotatable bonds is 4. The summed E-state index contributed by atoms with van der Waals surface area (Å²) in [6.45, 7) is 4.89. The Balaban J connectivity index is 2.01. The van der Waals surface area contributed by atoms with E-state index in [-0.39, 0.29) is 11.7 Å². The molecule has 6 heteroatoms. The van der Waals surface area contributed by atoms with Crippen molar-refractivity contribution < 1.29 is 9.90 Å². The number of carbonyl (C=O) groups excluding carboxylic acids is 1. The summed E-state index contributed by atoms with van der Waals surface area (Å²) in [6, 6.07) is 4.47. The van der Waals surface area contributed by atoms with Crippen molar-refractivity contribution in [3.05, 3.63) is 28.8 Å². The summed E-state index contributed by atoms with van der Waals surface area (Å²) in [7, 11) is 0. The monoisotopic (exact) mass is 311 g/mol. The lowest BCUT2D eigenvalue weighted by Gasteiger charge is -2.22. The zero-order valence-electron chi connectivity index (χ0n) is 12.1. The van der Waals surface area contributed by atoms with Gasteiger partial charge in [-0.15, -0.1) is 0 Å². The molecule has 1 amide bonds. The number of carbonyl (C=O) groups is 1. The fraction of sp³-hybridized carbons (Fsp3) is 0.533. The molecule has 0 atom stereocenters. The van der Waals surface area contributed by atoms with Crippen molar-refractivity contribution in [2.75, 3.05) is 39.3 Å². The lowest BCUT2D eigenvalue weighted by Crippen LogP contribution is -2.35. The highest BCUT2D eigenvalue weighted by atomic mass is 35.5. The molecule has 1 aromatic rings. The van der Waals surface area contributed by atoms with Crippen molar-refractivity contribution in [3.8, 4) is 5.75 Å². The van der Waals surface area contributed by atoms with Crippen LogP contribution >= 0.6 is 11.6 Å². The van der Waals surface area contributed by atoms with E-state index in [0.717, 1.165) is 32.5 Å². The smallest absolute Gasteiger partial charge is 0.255 e. The number of amides is 1. The van der Waals surface area contributed by atoms with Gasteiger partial charge in [-0.2, -0.15) is 0 Å². The minimum Gasteiger partial charge on any atom is -0.508 e. The normalized spacial score (nSPS) is 16.8. The van der Waals surface area contributed by atoms with Crippen LogP contribution in [0.1, 0.15) is 23.2 Å². The number of hydrogen-bond donors (Lipinski definition) is 2. The summed E-state index contributed by atoms with van der Waals surface area (Å²) in [4.78, 5) is 16.7. The van der Waals surface area contributed by atoms with Crippen LogP contribution in [0.25, 0.3) is 0 Å². The molecule has 1 aromatic carbocycles. The second-order valence-electron chi connectivity index (χ2n) is 5.29. The van der Waals surface area contributed by atoms with Crippen molar-refractivity contribution >= 4 is 17.5 Å². The van der Waals surface area contributed by atoms with E-state index in [1.807, 2.05) is 4.90 Å². The Labute approximate surface area is 130 Å². The van der Waals surface area contributed by atoms with E-state index in [9.17, 15) is 9.90 Å². The third-order valence-corrected chi connectivity index (χ3v) is 4.06. The summed E-state index contributed by atoms with van der Waals surface area (Å²) in [5, 5.41) is 9.91. The average molecular weight is 312 g/mol. The molecule has 0 aromatic heterocycles. The predicted octanol–water partition coefficient (Wildman–Crippen LogP) is 1.54. The maximum atomic E-state index is 12.5. The van der Waals surface area contributed by atoms with Gasteiger partial charge in [0, 0.05) is 19.6 Å². The minimum atomic E-state index is -0.114. The van der Waals surface area contributed by atoms with Gasteiger partial charge >= 0.3 is 0 Å². The Morgan fingerprint density at radius 2 is 2.10 bits per heavy atom. The van der Waals surface area contributed by atoms with Crippen molar-refractivity contribution in [1.82, 2.24) is 9.80 Å². The van der Waals surface area contributed by atoms with Gasteiger partial charge in [-0.25, -0.2) is 0 Å². The van der Waals surface area contributed by atoms with Gasteiger partial charge < -0.3 is 20.6 Å². The number of nitrogens with two attached hydrogens (primary N) is 1. The van der Waals surface area contributed by atoms with Gasteiger partial charge in [0.1, 0.15) is 5.75 Å². The second kappa shape index (κ2) is 7.64. The highest BCUT2D eigenvalue weighted by Gasteiger charge is 2.22. The number of halogens is 1. The van der Waals surface area contributed by atoms with Gasteiger partial charge in [0.05, 0.1) is 10.6 Å². The van der Waals surface area contributed by atoms with Crippen LogP contribution in [0.15, 0.2) is 18.2 Å². The zero-order chi connectivity index (χ0) is 15.2. The van der Waals surface area contributed by atoms with Gasteiger partial charge in [-0.1, -0.05) is 11.6 Å². The first-order chi connectivity index (χ1) is 10.1. The van der Waals surface area contributed by atoms with Crippen LogP contribution in [0.4, 0.5) is 0 Å². The van der Waals surface area contributed by atoms with Crippen LogP contribution in [0.3, 0.4) is 0 Å². The number of phenolic OH excluding ortho intramolecular Hbond substituents is 1. The third kappa shape index (κ3) is 4.33. The van der Waals surface area contributed by atoms with E-state index < -0.39 is 0 Å². The summed E-state index contributed by atoms with van der Waals surface area (Å²) < 4.78 is 0. The van der Waals surface area contributed by atoms with Crippen molar-refractivity contribution in [3.63, 3.8) is 0 Å². The highest BCUT2D eigenvalue weighted by molar-refractivity contribution is 6.33. The molecule has 5 nitrogen and oxygen atoms in total. The molecule has 21 heavy (non-hydrogen) atoms. The van der Waals surface area contributed by atoms with Crippen LogP contribution < -0.4 is 5.73 Å². The van der Waals surface area contributed by atoms with Gasteiger partial charge in [-0.3, -0.25) is 4.79 Å². The molecular weight excluding hydrogens is 290 g/mol. The molecule has 3 N–H and O–H groups in total. The quantitative estimate of drug-likeness (QED) is 0.885. The van der Waals surface area contributed by atoms with E-state index in [2.05, 4.69) is 4.90 Å². The van der Waals surface area contributed by atoms with Crippen LogP contribution in [-0.2, 0) is 0 Å². The third-order valence-electron chi connectivity index (χ3n) is 3.73. The number of hydrogen-bond acceptors (Lipinski definition) is 4. The fourth-order valence-electron chi connectivity index (χ4n) is 2.56. The van der Waals surface area contributed by atoms with Crippen LogP contribution in [-0.4, -0.2) is 60.1 Å². The largest absolute Gasteiger partial charge is 0.508 e. The van der Waals surface area contributed by atoms with Gasteiger partial charge in [-0.05, 0) is 50.7 Å². The number of benzene rings is 1. The Kier molecular flexibility index (Phi) is 5.85. The standard InChI is InChI=1S/C15H22ClN3O2/c16-14-4-3-12(20)11-13(14)15(21)19-8-2-7-18(9-10-19)6-1-5-17/h3-4,11,20H,1-2,5-10,17H2. The molecule has 116 valence electrons. The molecule has 2 rings (SSSR count). The van der Waals surface area contributed by atoms with Crippen molar-refractivity contribution in [2.24, 2.45) is 5.73 Å². The Morgan fingerprint density at radius 1 is 1.29 bits per heavy atom. The molecule has 0 saturated carbocycles. The fourth-order valence-corrected chi connectivity index (χ4v) is 2.76. The highest BCUT2D eigenvalue weighted by Crippen LogP contribution is 2.23. The van der Waals surface area contributed by atoms with Crippen molar-refractivity contribution in [1.29, 1.82) is 0 Å². The van der Waals surface area contributed by atoms with Gasteiger partial charge in [0.15, 0.2) is 0 Å². The first-order valence-electron chi connectivity index (χ1n) is 7.32. The molecule has 0 unspecified atom stereocenters. The SMILES string of the molecule is NCCCN1CCCN(C(=O)c2cc(O)ccc2Cl)CC1. The van der Waals surface area contributed by atoms with Crippen LogP contribution in [0, 0.1) is 0 Å². The Morgan fingerprint density at radius 3 is 2.86 bits per heavy atom. The second-order valence-corrected chi connectivity index (χ2v) is 5.70. The van der Waals surface area contributed by atoms with Gasteiger partial charge in [0.2, 0.25) is 0 Å². The molecule has 0 spiro atoms. The van der Waals surface area contributed by atoms with E-state index in [1.165, 1.54) is 12.1 Å². The maximum Gasteiger partial charge on any atom is 0.255 e. The first-order valence-corrected chi connectivity index (χ1v) is 7.70. The molecule has 1 heterocycles. The lowest BCUT2D eigenvalue weighted by atomic mass is 10.2. The Hall–Kier alpha value is -1.30. The summed E-state index contributed by atoms with van der Waals surface area (Å²) in [5.41, 5.74) is 5.91. The molecule has 1 aliphatic rings. The molecule has 1 fully saturated rings. The van der Waals surface area contributed by atoms with E-state index in [1.54, 1.807) is 6.07 Å². The minimum absolute atomic E-state index is 0.0575. The maximum absolute atomic E-state index is 12.5. The lowest BCUT2D eigenvalue weighted by molar-refractivity contribution is 0.0761. The summed E-state index contributed by atoms with van der Waals surface area (Å²) >= 11 is 6.07. The number of nitrogens with zero attached hydrogens (tertiary/aromatic N) is 2. The predicted molar refractivity (Wildman–Crippen MR) is 83.7 cm³/mol. The van der Waals surface area contributed by atoms with Crippen molar-refractivity contribution in [2.45, 2.75) is 12.8 Å². The van der Waals surface area contributed by atoms with E-state index >= 15 is 0 Å². The number of aromatic hydroxyl groups is 1. The zero-order valence-corrected chi connectivity index (χ0v) is 12.9. The Bertz CT molecular complexity index is 496. The topological polar surface area (TPSA) is 69.8 Å². The molecule has 0 bridgehead atoms. The molecule has 0 radical (unpaired) electrons. The summed E-state index contributed by atoms with van der Waals surface area (Å²) in [5.74, 6) is -0.0567. The van der Waals surface area contributed by atoms with Crippen LogP contribution in [0.5, 0.6) is 5.75 Å². The molecular formula is C15H22ClN3O2. The molecule has 1 aliphatic heterocycles. The molecule has 1 saturated heterocycles. The molecule has 0 aliphatic carbocycles. The number of phenols is 1. The average Bonchev–Trinajstić information content (AvgIpc) is 2.72. The van der Waals surface area contributed by atoms with E-state index in [0.29, 0.717) is 30.2 Å². The van der Waals surface area contributed by atoms with Gasteiger partial charge in [0.25, 0.3) is 5.91 Å². The van der Waals surface area contributed by atoms with E-state index in [4.69, 9.17) is 17.3 Å². The van der Waals surface area contributed by atoms with Crippen LogP contribution in [0.2, 0.25) is 5.02 Å². The first kappa shape index (κ1) is 16.1. The summed E-state index contributed by atoms with van der Waals surface area (Å²) in [6.07, 6.45) is 1.92.